The molecule has 0 spiro atoms. The van der Waals surface area contributed by atoms with Crippen LogP contribution < -0.4 is 4.90 Å². The van der Waals surface area contributed by atoms with E-state index in [1.165, 1.54) is 0 Å². The number of carboxylic acids is 1. The molecule has 2 rings (SSSR count). The molecule has 1 aromatic heterocycles. The molecule has 1 aliphatic rings. The fourth-order valence-electron chi connectivity index (χ4n) is 3.92. The number of ether oxygens (including phenoxy) is 1. The molecule has 1 N–H and O–H groups in total. The molecular formula is C25H37NO4S. The predicted octanol–water partition coefficient (Wildman–Crippen LogP) is 5.67. The van der Waals surface area contributed by atoms with E-state index in [0.29, 0.717) is 23.1 Å². The number of hydrogen-bond acceptors (Lipinski definition) is 4. The number of carbonyl (C=O) groups is 2. The van der Waals surface area contributed by atoms with E-state index in [0.717, 1.165) is 37.0 Å². The number of nitrogens with zero attached hydrogens (tertiary/aromatic N) is 1. The minimum Gasteiger partial charge on any atom is -0.477 e. The normalized spacial score (nSPS) is 20.1. The summed E-state index contributed by atoms with van der Waals surface area (Å²) in [5.41, 5.74) is 0.258. The van der Waals surface area contributed by atoms with Crippen LogP contribution in [0.5, 0.6) is 0 Å². The van der Waals surface area contributed by atoms with Crippen LogP contribution in [-0.4, -0.2) is 36.7 Å². The van der Waals surface area contributed by atoms with E-state index in [2.05, 4.69) is 18.8 Å². The van der Waals surface area contributed by atoms with E-state index in [1.54, 1.807) is 18.1 Å². The van der Waals surface area contributed by atoms with Crippen LogP contribution in [0.25, 0.3) is 0 Å². The predicted molar refractivity (Wildman–Crippen MR) is 127 cm³/mol. The summed E-state index contributed by atoms with van der Waals surface area (Å²) >= 11 is 1.14. The first kappa shape index (κ1) is 25.4. The first-order valence-corrected chi connectivity index (χ1v) is 12.0. The van der Waals surface area contributed by atoms with Gasteiger partial charge in [0, 0.05) is 18.4 Å². The summed E-state index contributed by atoms with van der Waals surface area (Å²) in [7, 11) is 1.62. The third kappa shape index (κ3) is 6.82. The van der Waals surface area contributed by atoms with Gasteiger partial charge in [0.1, 0.15) is 4.88 Å². The first-order valence-electron chi connectivity index (χ1n) is 11.2. The molecule has 0 saturated heterocycles. The molecular weight excluding hydrogens is 410 g/mol. The van der Waals surface area contributed by atoms with E-state index in [4.69, 9.17) is 4.74 Å². The molecule has 31 heavy (non-hydrogen) atoms. The summed E-state index contributed by atoms with van der Waals surface area (Å²) in [6.07, 6.45) is 3.74. The monoisotopic (exact) mass is 447 g/mol. The van der Waals surface area contributed by atoms with Crippen LogP contribution >= 0.6 is 11.3 Å². The van der Waals surface area contributed by atoms with E-state index in [9.17, 15) is 14.7 Å². The van der Waals surface area contributed by atoms with Crippen molar-refractivity contribution in [1.82, 2.24) is 0 Å². The summed E-state index contributed by atoms with van der Waals surface area (Å²) in [6.45, 7) is 12.7. The van der Waals surface area contributed by atoms with Gasteiger partial charge in [-0.1, -0.05) is 32.6 Å². The third-order valence-corrected chi connectivity index (χ3v) is 6.80. The van der Waals surface area contributed by atoms with Gasteiger partial charge in [0.25, 0.3) is 0 Å². The van der Waals surface area contributed by atoms with Gasteiger partial charge in [-0.2, -0.15) is 0 Å². The van der Waals surface area contributed by atoms with Crippen molar-refractivity contribution in [3.8, 4) is 11.8 Å². The van der Waals surface area contributed by atoms with Gasteiger partial charge in [0.2, 0.25) is 5.91 Å². The molecule has 0 radical (unpaired) electrons. The molecule has 1 aromatic rings. The summed E-state index contributed by atoms with van der Waals surface area (Å²) in [5, 5.41) is 9.93. The van der Waals surface area contributed by atoms with Crippen LogP contribution in [0.1, 0.15) is 81.8 Å². The average Bonchev–Trinajstić information content (AvgIpc) is 3.10. The molecule has 0 bridgehead atoms. The molecule has 0 unspecified atom stereocenters. The minimum atomic E-state index is -1.03. The van der Waals surface area contributed by atoms with Crippen LogP contribution in [0.3, 0.4) is 0 Å². The van der Waals surface area contributed by atoms with E-state index < -0.39 is 5.97 Å². The smallest absolute Gasteiger partial charge is 0.348 e. The molecule has 1 aliphatic carbocycles. The largest absolute Gasteiger partial charge is 0.477 e. The molecule has 0 aliphatic heterocycles. The van der Waals surface area contributed by atoms with Crippen LogP contribution in [0, 0.1) is 35.0 Å². The Bertz CT molecular complexity index is 832. The van der Waals surface area contributed by atoms with Crippen molar-refractivity contribution in [2.45, 2.75) is 73.3 Å². The second-order valence-electron chi connectivity index (χ2n) is 10.1. The Morgan fingerprint density at radius 3 is 2.35 bits per heavy atom. The molecule has 1 atom stereocenters. The lowest BCUT2D eigenvalue weighted by Gasteiger charge is -2.37. The maximum atomic E-state index is 13.8. The number of anilines is 1. The van der Waals surface area contributed by atoms with Gasteiger partial charge >= 0.3 is 5.97 Å². The van der Waals surface area contributed by atoms with Gasteiger partial charge in [-0.25, -0.2) is 4.79 Å². The fraction of sp³-hybridized carbons (Fsp3) is 0.680. The number of carbonyl (C=O) groups excluding carboxylic acids is 1. The number of rotatable bonds is 7. The van der Waals surface area contributed by atoms with E-state index in [1.807, 2.05) is 34.6 Å². The molecule has 6 heteroatoms. The lowest BCUT2D eigenvalue weighted by molar-refractivity contribution is -0.124. The summed E-state index contributed by atoms with van der Waals surface area (Å²) in [6, 6.07) is 1.54. The molecule has 5 nitrogen and oxygen atoms in total. The highest BCUT2D eigenvalue weighted by Gasteiger charge is 2.37. The molecule has 1 fully saturated rings. The van der Waals surface area contributed by atoms with Gasteiger partial charge in [-0.05, 0) is 64.4 Å². The second kappa shape index (κ2) is 10.7. The lowest BCUT2D eigenvalue weighted by atomic mass is 9.82. The Morgan fingerprint density at radius 1 is 1.26 bits per heavy atom. The van der Waals surface area contributed by atoms with Gasteiger partial charge in [-0.15, -0.1) is 11.3 Å². The highest BCUT2D eigenvalue weighted by atomic mass is 32.1. The van der Waals surface area contributed by atoms with Crippen molar-refractivity contribution < 1.29 is 19.4 Å². The third-order valence-electron chi connectivity index (χ3n) is 5.77. The molecule has 172 valence electrons. The van der Waals surface area contributed by atoms with Gasteiger partial charge in [-0.3, -0.25) is 4.79 Å². The topological polar surface area (TPSA) is 66.8 Å². The number of aromatic carboxylic acids is 1. The fourth-order valence-corrected chi connectivity index (χ4v) is 4.77. The Morgan fingerprint density at radius 2 is 1.87 bits per heavy atom. The van der Waals surface area contributed by atoms with Crippen molar-refractivity contribution in [2.75, 3.05) is 18.6 Å². The number of amides is 1. The molecule has 1 heterocycles. The standard InChI is InChI=1S/C25H37NO4S/c1-16(2)21(15-30-7)26(23(27)18-10-8-17(3)9-11-18)20-14-19(12-13-25(4,5)6)31-22(20)24(28)29/h14,16-18,21H,8-11,15H2,1-7H3,(H,28,29)/t17-,18-,21-/m1/s1. The van der Waals surface area contributed by atoms with Crippen molar-refractivity contribution in [3.63, 3.8) is 0 Å². The SMILES string of the molecule is COC[C@H](C(C)C)N(c1cc(C#CC(C)(C)C)sc1C(=O)O)C(=O)[C@H]1CC[C@H](C)CC1. The average molecular weight is 448 g/mol. The number of carboxylic acid groups (broad SMARTS) is 1. The van der Waals surface area contributed by atoms with E-state index in [-0.39, 0.29) is 34.1 Å². The maximum Gasteiger partial charge on any atom is 0.348 e. The van der Waals surface area contributed by atoms with Gasteiger partial charge < -0.3 is 14.7 Å². The Hall–Kier alpha value is -1.84. The summed E-state index contributed by atoms with van der Waals surface area (Å²) in [4.78, 5) is 28.4. The Labute approximate surface area is 191 Å². The van der Waals surface area contributed by atoms with Crippen molar-refractivity contribution in [1.29, 1.82) is 0 Å². The lowest BCUT2D eigenvalue weighted by Crippen LogP contribution is -2.49. The number of hydrogen-bond donors (Lipinski definition) is 1. The zero-order chi connectivity index (χ0) is 23.3. The van der Waals surface area contributed by atoms with Gasteiger partial charge in [0.05, 0.1) is 23.2 Å². The molecule has 1 saturated carbocycles. The number of methoxy groups -OCH3 is 1. The highest BCUT2D eigenvalue weighted by Crippen LogP contribution is 2.37. The van der Waals surface area contributed by atoms with Crippen LogP contribution in [0.4, 0.5) is 5.69 Å². The zero-order valence-electron chi connectivity index (χ0n) is 19.9. The van der Waals surface area contributed by atoms with Crippen LogP contribution in [0.2, 0.25) is 0 Å². The highest BCUT2D eigenvalue weighted by molar-refractivity contribution is 7.15. The second-order valence-corrected chi connectivity index (χ2v) is 11.1. The van der Waals surface area contributed by atoms with Gasteiger partial charge in [0.15, 0.2) is 0 Å². The van der Waals surface area contributed by atoms with Crippen LogP contribution in [-0.2, 0) is 9.53 Å². The number of thiophene rings is 1. The zero-order valence-corrected chi connectivity index (χ0v) is 20.8. The quantitative estimate of drug-likeness (QED) is 0.547. The van der Waals surface area contributed by atoms with E-state index >= 15 is 0 Å². The Balaban J connectivity index is 2.56. The first-order chi connectivity index (χ1) is 14.4. The molecule has 1 amide bonds. The van der Waals surface area contributed by atoms with Crippen molar-refractivity contribution in [3.05, 3.63) is 15.8 Å². The van der Waals surface area contributed by atoms with Crippen LogP contribution in [0.15, 0.2) is 6.07 Å². The maximum absolute atomic E-state index is 13.8. The molecule has 0 aromatic carbocycles. The van der Waals surface area contributed by atoms with Crippen molar-refractivity contribution >= 4 is 28.9 Å². The minimum absolute atomic E-state index is 0.0123. The Kier molecular flexibility index (Phi) is 8.73. The summed E-state index contributed by atoms with van der Waals surface area (Å²) < 4.78 is 5.46. The summed E-state index contributed by atoms with van der Waals surface area (Å²) in [5.74, 6) is 5.93. The van der Waals surface area contributed by atoms with Crippen molar-refractivity contribution in [2.24, 2.45) is 23.2 Å².